The Morgan fingerprint density at radius 2 is 2.04 bits per heavy atom. The van der Waals surface area contributed by atoms with E-state index in [-0.39, 0.29) is 17.4 Å². The van der Waals surface area contributed by atoms with Crippen molar-refractivity contribution in [1.82, 2.24) is 24.7 Å². The second kappa shape index (κ2) is 7.43. The van der Waals surface area contributed by atoms with Crippen LogP contribution in [0.25, 0.3) is 0 Å². The van der Waals surface area contributed by atoms with Crippen LogP contribution < -0.4 is 0 Å². The second-order valence-electron chi connectivity index (χ2n) is 8.90. The number of carbonyl (C=O) groups is 2. The molecule has 0 radical (unpaired) electrons. The van der Waals surface area contributed by atoms with E-state index in [9.17, 15) is 9.59 Å². The van der Waals surface area contributed by atoms with Gasteiger partial charge in [-0.25, -0.2) is 9.97 Å². The van der Waals surface area contributed by atoms with Crippen LogP contribution in [0.15, 0.2) is 18.6 Å². The molecule has 7 nitrogen and oxygen atoms in total. The van der Waals surface area contributed by atoms with Gasteiger partial charge >= 0.3 is 0 Å². The first-order valence-corrected chi connectivity index (χ1v) is 10.6. The lowest BCUT2D eigenvalue weighted by Gasteiger charge is -2.47. The summed E-state index contributed by atoms with van der Waals surface area (Å²) in [5.41, 5.74) is 0.354. The topological polar surface area (TPSA) is 69.6 Å². The van der Waals surface area contributed by atoms with Gasteiger partial charge in [-0.2, -0.15) is 0 Å². The Labute approximate surface area is 167 Å². The maximum Gasteiger partial charge on any atom is 0.272 e. The third-order valence-electron chi connectivity index (χ3n) is 6.86. The quantitative estimate of drug-likeness (QED) is 0.786. The van der Waals surface area contributed by atoms with Crippen molar-refractivity contribution in [3.8, 4) is 0 Å². The SMILES string of the molecule is CCN1C(=O)[C@@H]2CN(CC(C)C)C[C@@H]2C12CCN(C(=O)c1ccncn1)CC2. The van der Waals surface area contributed by atoms with Gasteiger partial charge in [0.1, 0.15) is 12.0 Å². The van der Waals surface area contributed by atoms with Gasteiger partial charge in [0.15, 0.2) is 0 Å². The van der Waals surface area contributed by atoms with Gasteiger partial charge in [0.25, 0.3) is 5.91 Å². The molecule has 1 aromatic heterocycles. The molecule has 1 aromatic rings. The summed E-state index contributed by atoms with van der Waals surface area (Å²) in [5.74, 6) is 1.42. The van der Waals surface area contributed by atoms with Gasteiger partial charge in [-0.3, -0.25) is 9.59 Å². The third-order valence-corrected chi connectivity index (χ3v) is 6.86. The monoisotopic (exact) mass is 385 g/mol. The van der Waals surface area contributed by atoms with Gasteiger partial charge in [-0.05, 0) is 31.7 Å². The Morgan fingerprint density at radius 1 is 1.29 bits per heavy atom. The van der Waals surface area contributed by atoms with Crippen molar-refractivity contribution in [1.29, 1.82) is 0 Å². The summed E-state index contributed by atoms with van der Waals surface area (Å²) < 4.78 is 0. The number of likely N-dealkylation sites (tertiary alicyclic amines) is 3. The number of nitrogens with zero attached hydrogens (tertiary/aromatic N) is 5. The Hall–Kier alpha value is -2.02. The molecule has 3 aliphatic heterocycles. The number of rotatable bonds is 4. The van der Waals surface area contributed by atoms with E-state index in [2.05, 4.69) is 40.5 Å². The number of hydrogen-bond donors (Lipinski definition) is 0. The highest BCUT2D eigenvalue weighted by Crippen LogP contribution is 2.49. The number of piperidine rings is 1. The summed E-state index contributed by atoms with van der Waals surface area (Å²) in [6, 6.07) is 1.67. The average Bonchev–Trinajstić information content (AvgIpc) is 3.20. The van der Waals surface area contributed by atoms with Gasteiger partial charge in [0.05, 0.1) is 11.5 Å². The molecule has 1 spiro atoms. The number of aromatic nitrogens is 2. The molecule has 4 heterocycles. The van der Waals surface area contributed by atoms with Crippen LogP contribution in [0.4, 0.5) is 0 Å². The minimum absolute atomic E-state index is 0.0333. The molecule has 28 heavy (non-hydrogen) atoms. The lowest BCUT2D eigenvalue weighted by atomic mass is 9.75. The van der Waals surface area contributed by atoms with Gasteiger partial charge < -0.3 is 14.7 Å². The summed E-state index contributed by atoms with van der Waals surface area (Å²) in [6.45, 7) is 11.6. The van der Waals surface area contributed by atoms with Crippen LogP contribution in [-0.4, -0.2) is 81.3 Å². The fourth-order valence-corrected chi connectivity index (χ4v) is 5.75. The molecule has 0 unspecified atom stereocenters. The van der Waals surface area contributed by atoms with Crippen LogP contribution >= 0.6 is 0 Å². The van der Waals surface area contributed by atoms with Crippen molar-refractivity contribution in [3.63, 3.8) is 0 Å². The number of carbonyl (C=O) groups excluding carboxylic acids is 2. The normalized spacial score (nSPS) is 27.1. The van der Waals surface area contributed by atoms with E-state index in [0.29, 0.717) is 36.5 Å². The summed E-state index contributed by atoms with van der Waals surface area (Å²) in [5, 5.41) is 0. The van der Waals surface area contributed by atoms with Gasteiger partial charge in [0.2, 0.25) is 5.91 Å². The highest BCUT2D eigenvalue weighted by atomic mass is 16.2. The lowest BCUT2D eigenvalue weighted by Crippen LogP contribution is -2.58. The largest absolute Gasteiger partial charge is 0.337 e. The Kier molecular flexibility index (Phi) is 5.12. The maximum atomic E-state index is 13.2. The molecule has 2 amide bonds. The maximum absolute atomic E-state index is 13.2. The Balaban J connectivity index is 1.50. The minimum Gasteiger partial charge on any atom is -0.337 e. The fraction of sp³-hybridized carbons (Fsp3) is 0.714. The van der Waals surface area contributed by atoms with Crippen LogP contribution in [0.1, 0.15) is 44.1 Å². The molecule has 2 atom stereocenters. The van der Waals surface area contributed by atoms with Crippen molar-refractivity contribution in [3.05, 3.63) is 24.3 Å². The molecule has 0 bridgehead atoms. The van der Waals surface area contributed by atoms with Crippen LogP contribution in [0.5, 0.6) is 0 Å². The summed E-state index contributed by atoms with van der Waals surface area (Å²) in [4.78, 5) is 40.4. The number of hydrogen-bond acceptors (Lipinski definition) is 5. The molecular formula is C21H31N5O2. The summed E-state index contributed by atoms with van der Waals surface area (Å²) >= 11 is 0. The van der Waals surface area contributed by atoms with Crippen molar-refractivity contribution < 1.29 is 9.59 Å². The van der Waals surface area contributed by atoms with Crippen LogP contribution in [0.3, 0.4) is 0 Å². The Bertz CT molecular complexity index is 730. The molecule has 0 aromatic carbocycles. The zero-order chi connectivity index (χ0) is 19.9. The molecule has 3 fully saturated rings. The van der Waals surface area contributed by atoms with E-state index in [1.54, 1.807) is 12.3 Å². The predicted octanol–water partition coefficient (Wildman–Crippen LogP) is 1.52. The molecular weight excluding hydrogens is 354 g/mol. The first-order valence-electron chi connectivity index (χ1n) is 10.6. The number of fused-ring (bicyclic) bond motifs is 2. The predicted molar refractivity (Wildman–Crippen MR) is 106 cm³/mol. The minimum atomic E-state index is -0.0926. The molecule has 0 N–H and O–H groups in total. The van der Waals surface area contributed by atoms with E-state index >= 15 is 0 Å². The molecule has 3 saturated heterocycles. The molecule has 3 aliphatic rings. The third kappa shape index (κ3) is 3.09. The van der Waals surface area contributed by atoms with Crippen LogP contribution in [0, 0.1) is 17.8 Å². The molecule has 0 saturated carbocycles. The zero-order valence-electron chi connectivity index (χ0n) is 17.2. The van der Waals surface area contributed by atoms with Gasteiger partial charge in [0, 0.05) is 51.4 Å². The average molecular weight is 386 g/mol. The lowest BCUT2D eigenvalue weighted by molar-refractivity contribution is -0.135. The van der Waals surface area contributed by atoms with Crippen molar-refractivity contribution in [2.24, 2.45) is 17.8 Å². The molecule has 152 valence electrons. The highest BCUT2D eigenvalue weighted by Gasteiger charge is 2.61. The van der Waals surface area contributed by atoms with Gasteiger partial charge in [-0.15, -0.1) is 0 Å². The molecule has 4 rings (SSSR count). The molecule has 0 aliphatic carbocycles. The standard InChI is InChI=1S/C21H31N5O2/c1-4-26-19(27)16-12-24(11-15(2)3)13-17(16)21(26)6-9-25(10-7-21)20(28)18-5-8-22-14-23-18/h5,8,14-17H,4,6-7,9-13H2,1-3H3/t16-,17+/m1/s1. The van der Waals surface area contributed by atoms with E-state index in [0.717, 1.165) is 39.0 Å². The van der Waals surface area contributed by atoms with E-state index in [1.165, 1.54) is 6.33 Å². The van der Waals surface area contributed by atoms with E-state index < -0.39 is 0 Å². The number of amides is 2. The smallest absolute Gasteiger partial charge is 0.272 e. The van der Waals surface area contributed by atoms with Gasteiger partial charge in [-0.1, -0.05) is 13.8 Å². The second-order valence-corrected chi connectivity index (χ2v) is 8.90. The fourth-order valence-electron chi connectivity index (χ4n) is 5.75. The van der Waals surface area contributed by atoms with E-state index in [1.807, 2.05) is 4.90 Å². The first kappa shape index (κ1) is 19.3. The summed E-state index contributed by atoms with van der Waals surface area (Å²) in [6.07, 6.45) is 4.74. The van der Waals surface area contributed by atoms with Crippen molar-refractivity contribution in [2.45, 2.75) is 39.2 Å². The summed E-state index contributed by atoms with van der Waals surface area (Å²) in [7, 11) is 0. The first-order chi connectivity index (χ1) is 13.5. The van der Waals surface area contributed by atoms with E-state index in [4.69, 9.17) is 0 Å². The zero-order valence-corrected chi connectivity index (χ0v) is 17.2. The highest BCUT2D eigenvalue weighted by molar-refractivity contribution is 5.92. The van der Waals surface area contributed by atoms with Crippen molar-refractivity contribution in [2.75, 3.05) is 39.3 Å². The van der Waals surface area contributed by atoms with Crippen LogP contribution in [-0.2, 0) is 4.79 Å². The van der Waals surface area contributed by atoms with Crippen molar-refractivity contribution >= 4 is 11.8 Å². The molecule has 7 heteroatoms. The Morgan fingerprint density at radius 3 is 2.64 bits per heavy atom. The van der Waals surface area contributed by atoms with Crippen LogP contribution in [0.2, 0.25) is 0 Å².